The van der Waals surface area contributed by atoms with E-state index in [1.165, 1.54) is 7.11 Å². The molecule has 7 heteroatoms. The minimum Gasteiger partial charge on any atom is -0.481 e. The normalized spacial score (nSPS) is 13.3. The van der Waals surface area contributed by atoms with Crippen molar-refractivity contribution in [2.75, 3.05) is 7.11 Å². The van der Waals surface area contributed by atoms with Crippen LogP contribution in [0.15, 0.2) is 30.3 Å². The number of amides is 2. The van der Waals surface area contributed by atoms with Crippen LogP contribution in [0.2, 0.25) is 0 Å². The molecule has 0 fully saturated rings. The number of methoxy groups -OCH3 is 1. The van der Waals surface area contributed by atoms with Gasteiger partial charge in [0.25, 0.3) is 5.91 Å². The Kier molecular flexibility index (Phi) is 5.82. The third kappa shape index (κ3) is 4.45. The van der Waals surface area contributed by atoms with E-state index >= 15 is 0 Å². The number of nitrogens with two attached hydrogens (primary N) is 1. The van der Waals surface area contributed by atoms with Gasteiger partial charge in [0.2, 0.25) is 5.91 Å². The number of carbonyl (C=O) groups is 3. The van der Waals surface area contributed by atoms with Crippen LogP contribution >= 0.6 is 0 Å². The zero-order chi connectivity index (χ0) is 15.1. The van der Waals surface area contributed by atoms with Gasteiger partial charge in [0, 0.05) is 7.11 Å². The molecule has 0 radical (unpaired) electrons. The van der Waals surface area contributed by atoms with Gasteiger partial charge in [0.15, 0.2) is 6.10 Å². The van der Waals surface area contributed by atoms with E-state index in [1.807, 2.05) is 5.32 Å². The molecule has 108 valence electrons. The van der Waals surface area contributed by atoms with E-state index < -0.39 is 36.4 Å². The SMILES string of the molecule is COC(C(=O)NC(=O)[C@@H](N)CC(=O)O)c1ccccc1. The number of rotatable bonds is 6. The standard InChI is InChI=1S/C13H16N2O5/c1-20-11(8-5-3-2-4-6-8)13(19)15-12(18)9(14)7-10(16)17/h2-6,9,11H,7,14H2,1H3,(H,16,17)(H,15,18,19)/t9-,11?/m0/s1. The number of ether oxygens (including phenoxy) is 1. The van der Waals surface area contributed by atoms with Crippen molar-refractivity contribution in [1.82, 2.24) is 5.32 Å². The summed E-state index contributed by atoms with van der Waals surface area (Å²) in [5.41, 5.74) is 5.94. The number of carbonyl (C=O) groups excluding carboxylic acids is 2. The Hall–Kier alpha value is -2.25. The molecular formula is C13H16N2O5. The summed E-state index contributed by atoms with van der Waals surface area (Å²) in [7, 11) is 1.33. The molecule has 7 nitrogen and oxygen atoms in total. The molecule has 2 amide bonds. The number of carboxylic acid groups (broad SMARTS) is 1. The van der Waals surface area contributed by atoms with Crippen LogP contribution in [0.25, 0.3) is 0 Å². The van der Waals surface area contributed by atoms with Gasteiger partial charge in [-0.15, -0.1) is 0 Å². The van der Waals surface area contributed by atoms with E-state index in [-0.39, 0.29) is 0 Å². The second-order valence-corrected chi connectivity index (χ2v) is 4.08. The van der Waals surface area contributed by atoms with Crippen LogP contribution in [0.3, 0.4) is 0 Å². The van der Waals surface area contributed by atoms with Crippen LogP contribution < -0.4 is 11.1 Å². The molecule has 0 spiro atoms. The molecule has 1 rings (SSSR count). The maximum absolute atomic E-state index is 11.9. The molecule has 2 atom stereocenters. The van der Waals surface area contributed by atoms with Crippen molar-refractivity contribution in [3.63, 3.8) is 0 Å². The summed E-state index contributed by atoms with van der Waals surface area (Å²) < 4.78 is 5.04. The lowest BCUT2D eigenvalue weighted by atomic mass is 10.1. The van der Waals surface area contributed by atoms with Crippen LogP contribution in [0.5, 0.6) is 0 Å². The Labute approximate surface area is 115 Å². The third-order valence-electron chi connectivity index (χ3n) is 2.55. The molecule has 4 N–H and O–H groups in total. The highest BCUT2D eigenvalue weighted by molar-refractivity contribution is 6.00. The molecule has 0 bridgehead atoms. The largest absolute Gasteiger partial charge is 0.481 e. The Morgan fingerprint density at radius 2 is 1.85 bits per heavy atom. The van der Waals surface area contributed by atoms with E-state index in [9.17, 15) is 14.4 Å². The number of hydrogen-bond donors (Lipinski definition) is 3. The van der Waals surface area contributed by atoms with Crippen LogP contribution in [0.1, 0.15) is 18.1 Å². The summed E-state index contributed by atoms with van der Waals surface area (Å²) in [5, 5.41) is 10.6. The van der Waals surface area contributed by atoms with E-state index in [4.69, 9.17) is 15.6 Å². The van der Waals surface area contributed by atoms with Crippen molar-refractivity contribution in [3.8, 4) is 0 Å². The molecule has 0 heterocycles. The second-order valence-electron chi connectivity index (χ2n) is 4.08. The van der Waals surface area contributed by atoms with Crippen molar-refractivity contribution >= 4 is 17.8 Å². The van der Waals surface area contributed by atoms with Gasteiger partial charge in [-0.05, 0) is 5.56 Å². The van der Waals surface area contributed by atoms with Gasteiger partial charge >= 0.3 is 5.97 Å². The smallest absolute Gasteiger partial charge is 0.305 e. The summed E-state index contributed by atoms with van der Waals surface area (Å²) in [6, 6.07) is 7.30. The summed E-state index contributed by atoms with van der Waals surface area (Å²) in [4.78, 5) is 33.9. The maximum atomic E-state index is 11.9. The van der Waals surface area contributed by atoms with Crippen molar-refractivity contribution in [2.45, 2.75) is 18.6 Å². The number of carboxylic acids is 1. The molecule has 1 unspecified atom stereocenters. The van der Waals surface area contributed by atoms with Gasteiger partial charge in [-0.2, -0.15) is 0 Å². The minimum absolute atomic E-state index is 0.553. The second kappa shape index (κ2) is 7.37. The van der Waals surface area contributed by atoms with E-state index in [1.54, 1.807) is 30.3 Å². The van der Waals surface area contributed by atoms with Crippen molar-refractivity contribution in [1.29, 1.82) is 0 Å². The number of hydrogen-bond acceptors (Lipinski definition) is 5. The lowest BCUT2D eigenvalue weighted by Crippen LogP contribution is -2.46. The predicted octanol–water partition coefficient (Wildman–Crippen LogP) is -0.181. The highest BCUT2D eigenvalue weighted by Crippen LogP contribution is 2.16. The molecule has 0 saturated carbocycles. The summed E-state index contributed by atoms with van der Waals surface area (Å²) in [6.45, 7) is 0. The summed E-state index contributed by atoms with van der Waals surface area (Å²) >= 11 is 0. The molecule has 0 aliphatic heterocycles. The first-order valence-corrected chi connectivity index (χ1v) is 5.85. The first-order valence-electron chi connectivity index (χ1n) is 5.85. The Bertz CT molecular complexity index is 489. The zero-order valence-electron chi connectivity index (χ0n) is 10.9. The molecule has 0 aromatic heterocycles. The van der Waals surface area contributed by atoms with Crippen molar-refractivity contribution in [2.24, 2.45) is 5.73 Å². The van der Waals surface area contributed by atoms with Gasteiger partial charge in [-0.1, -0.05) is 30.3 Å². The van der Waals surface area contributed by atoms with E-state index in [2.05, 4.69) is 0 Å². The van der Waals surface area contributed by atoms with Crippen molar-refractivity contribution in [3.05, 3.63) is 35.9 Å². The first-order chi connectivity index (χ1) is 9.45. The lowest BCUT2D eigenvalue weighted by molar-refractivity contribution is -0.142. The highest BCUT2D eigenvalue weighted by Gasteiger charge is 2.25. The molecule has 20 heavy (non-hydrogen) atoms. The maximum Gasteiger partial charge on any atom is 0.305 e. The van der Waals surface area contributed by atoms with Gasteiger partial charge < -0.3 is 15.6 Å². The predicted molar refractivity (Wildman–Crippen MR) is 69.6 cm³/mol. The van der Waals surface area contributed by atoms with E-state index in [0.29, 0.717) is 5.56 Å². The third-order valence-corrected chi connectivity index (χ3v) is 2.55. The number of nitrogens with one attached hydrogen (secondary N) is 1. The zero-order valence-corrected chi connectivity index (χ0v) is 10.9. The lowest BCUT2D eigenvalue weighted by Gasteiger charge is -2.16. The molecule has 0 aliphatic rings. The minimum atomic E-state index is -1.29. The topological polar surface area (TPSA) is 119 Å². The van der Waals surface area contributed by atoms with Gasteiger partial charge in [0.1, 0.15) is 0 Å². The Morgan fingerprint density at radius 3 is 2.35 bits per heavy atom. The number of aliphatic carboxylic acids is 1. The molecule has 1 aromatic carbocycles. The summed E-state index contributed by atoms with van der Waals surface area (Å²) in [6.07, 6.45) is -1.51. The monoisotopic (exact) mass is 280 g/mol. The molecular weight excluding hydrogens is 264 g/mol. The highest BCUT2D eigenvalue weighted by atomic mass is 16.5. The fourth-order valence-corrected chi connectivity index (χ4v) is 1.58. The Balaban J connectivity index is 2.69. The quantitative estimate of drug-likeness (QED) is 0.665. The number of imide groups is 1. The van der Waals surface area contributed by atoms with Gasteiger partial charge in [0.05, 0.1) is 12.5 Å². The van der Waals surface area contributed by atoms with E-state index in [0.717, 1.165) is 0 Å². The van der Waals surface area contributed by atoms with Gasteiger partial charge in [-0.25, -0.2) is 0 Å². The fourth-order valence-electron chi connectivity index (χ4n) is 1.58. The van der Waals surface area contributed by atoms with Crippen LogP contribution in [-0.4, -0.2) is 36.0 Å². The molecule has 1 aromatic rings. The molecule has 0 aliphatic carbocycles. The first kappa shape index (κ1) is 15.8. The number of benzene rings is 1. The average Bonchev–Trinajstić information content (AvgIpc) is 2.39. The van der Waals surface area contributed by atoms with Crippen molar-refractivity contribution < 1.29 is 24.2 Å². The van der Waals surface area contributed by atoms with Crippen LogP contribution in [0, 0.1) is 0 Å². The summed E-state index contributed by atoms with van der Waals surface area (Å²) in [5.74, 6) is -2.76. The van der Waals surface area contributed by atoms with Crippen LogP contribution in [-0.2, 0) is 19.1 Å². The average molecular weight is 280 g/mol. The fraction of sp³-hybridized carbons (Fsp3) is 0.308. The molecule has 0 saturated heterocycles. The Morgan fingerprint density at radius 1 is 1.25 bits per heavy atom. The van der Waals surface area contributed by atoms with Gasteiger partial charge in [-0.3, -0.25) is 19.7 Å². The van der Waals surface area contributed by atoms with Crippen LogP contribution in [0.4, 0.5) is 0 Å².